The van der Waals surface area contributed by atoms with Gasteiger partial charge in [-0.3, -0.25) is 4.79 Å². The number of halogens is 1. The first-order valence-electron chi connectivity index (χ1n) is 6.99. The Morgan fingerprint density at radius 3 is 2.25 bits per heavy atom. The fourth-order valence-corrected chi connectivity index (χ4v) is 3.00. The summed E-state index contributed by atoms with van der Waals surface area (Å²) >= 11 is 3.24. The minimum Gasteiger partial charge on any atom is -0.481 e. The minimum atomic E-state index is -3.82. The van der Waals surface area contributed by atoms with E-state index >= 15 is 0 Å². The van der Waals surface area contributed by atoms with Crippen LogP contribution < -0.4 is 4.83 Å². The zero-order valence-corrected chi connectivity index (χ0v) is 14.9. The zero-order valence-electron chi connectivity index (χ0n) is 12.5. The van der Waals surface area contributed by atoms with Crippen LogP contribution in [0.25, 0.3) is 0 Å². The molecule has 8 heteroatoms. The third kappa shape index (κ3) is 5.17. The highest BCUT2D eigenvalue weighted by molar-refractivity contribution is 9.10. The number of carboxylic acid groups (broad SMARTS) is 1. The number of hydrazone groups is 1. The van der Waals surface area contributed by atoms with Gasteiger partial charge in [-0.1, -0.05) is 46.3 Å². The quantitative estimate of drug-likeness (QED) is 0.541. The molecule has 0 atom stereocenters. The lowest BCUT2D eigenvalue weighted by atomic mass is 10.1. The second-order valence-electron chi connectivity index (χ2n) is 4.87. The fourth-order valence-electron chi connectivity index (χ4n) is 1.90. The Hall–Kier alpha value is -2.19. The molecule has 2 aromatic rings. The summed E-state index contributed by atoms with van der Waals surface area (Å²) < 4.78 is 25.3. The Kier molecular flexibility index (Phi) is 6.10. The number of rotatable bonds is 7. The van der Waals surface area contributed by atoms with Crippen LogP contribution in [0, 0.1) is 0 Å². The van der Waals surface area contributed by atoms with E-state index in [1.165, 1.54) is 12.1 Å². The number of carboxylic acids is 1. The van der Waals surface area contributed by atoms with Crippen LogP contribution in [0.3, 0.4) is 0 Å². The van der Waals surface area contributed by atoms with Gasteiger partial charge in [-0.05, 0) is 29.8 Å². The van der Waals surface area contributed by atoms with E-state index in [1.54, 1.807) is 36.4 Å². The first kappa shape index (κ1) is 18.2. The third-order valence-corrected chi connectivity index (χ3v) is 4.86. The van der Waals surface area contributed by atoms with E-state index in [2.05, 4.69) is 25.9 Å². The van der Waals surface area contributed by atoms with Gasteiger partial charge in [-0.25, -0.2) is 0 Å². The number of hydrogen-bond donors (Lipinski definition) is 2. The predicted octanol–water partition coefficient (Wildman–Crippen LogP) is 3.00. The van der Waals surface area contributed by atoms with Gasteiger partial charge in [0.1, 0.15) is 0 Å². The van der Waals surface area contributed by atoms with Crippen molar-refractivity contribution in [2.45, 2.75) is 17.7 Å². The van der Waals surface area contributed by atoms with E-state index in [-0.39, 0.29) is 17.7 Å². The van der Waals surface area contributed by atoms with Crippen molar-refractivity contribution in [3.05, 3.63) is 64.6 Å². The van der Waals surface area contributed by atoms with Gasteiger partial charge in [0.15, 0.2) is 0 Å². The normalized spacial score (nSPS) is 12.0. The second-order valence-corrected chi connectivity index (χ2v) is 7.44. The van der Waals surface area contributed by atoms with Crippen molar-refractivity contribution < 1.29 is 18.3 Å². The van der Waals surface area contributed by atoms with Gasteiger partial charge in [0.25, 0.3) is 10.0 Å². The molecular formula is C16H15BrN2O4S. The van der Waals surface area contributed by atoms with E-state index in [9.17, 15) is 13.2 Å². The summed E-state index contributed by atoms with van der Waals surface area (Å²) in [6.07, 6.45) is -0.0318. The Labute approximate surface area is 148 Å². The molecule has 0 fully saturated rings. The number of hydrogen-bond acceptors (Lipinski definition) is 4. The van der Waals surface area contributed by atoms with E-state index in [0.717, 1.165) is 4.47 Å². The molecule has 0 aromatic heterocycles. The van der Waals surface area contributed by atoms with Gasteiger partial charge >= 0.3 is 5.97 Å². The lowest BCUT2D eigenvalue weighted by Gasteiger charge is -2.08. The van der Waals surface area contributed by atoms with Crippen LogP contribution in [0.4, 0.5) is 0 Å². The van der Waals surface area contributed by atoms with Crippen LogP contribution in [0.2, 0.25) is 0 Å². The molecule has 0 saturated heterocycles. The summed E-state index contributed by atoms with van der Waals surface area (Å²) in [6, 6.07) is 15.0. The van der Waals surface area contributed by atoms with Crippen molar-refractivity contribution in [3.8, 4) is 0 Å². The summed E-state index contributed by atoms with van der Waals surface area (Å²) in [6.45, 7) is 0. The molecule has 0 heterocycles. The van der Waals surface area contributed by atoms with Crippen LogP contribution in [-0.4, -0.2) is 25.2 Å². The molecule has 0 aliphatic rings. The molecule has 0 spiro atoms. The van der Waals surface area contributed by atoms with E-state index < -0.39 is 16.0 Å². The maximum Gasteiger partial charge on any atom is 0.303 e. The van der Waals surface area contributed by atoms with Crippen LogP contribution in [-0.2, 0) is 14.8 Å². The van der Waals surface area contributed by atoms with Crippen molar-refractivity contribution in [1.29, 1.82) is 0 Å². The Morgan fingerprint density at radius 1 is 1.04 bits per heavy atom. The van der Waals surface area contributed by atoms with Crippen LogP contribution in [0.1, 0.15) is 18.4 Å². The number of sulfonamides is 1. The first-order valence-corrected chi connectivity index (χ1v) is 9.27. The molecule has 0 bridgehead atoms. The van der Waals surface area contributed by atoms with E-state index in [1.807, 2.05) is 6.07 Å². The van der Waals surface area contributed by atoms with Gasteiger partial charge < -0.3 is 5.11 Å². The molecule has 0 unspecified atom stereocenters. The van der Waals surface area contributed by atoms with Crippen molar-refractivity contribution in [3.63, 3.8) is 0 Å². The highest BCUT2D eigenvalue weighted by Gasteiger charge is 2.14. The molecular weight excluding hydrogens is 396 g/mol. The van der Waals surface area contributed by atoms with Crippen molar-refractivity contribution in [2.24, 2.45) is 5.10 Å². The lowest BCUT2D eigenvalue weighted by molar-refractivity contribution is -0.136. The molecule has 6 nitrogen and oxygen atoms in total. The Bertz CT molecular complexity index is 834. The minimum absolute atomic E-state index is 0.0695. The highest BCUT2D eigenvalue weighted by atomic mass is 79.9. The largest absolute Gasteiger partial charge is 0.481 e. The monoisotopic (exact) mass is 410 g/mol. The predicted molar refractivity (Wildman–Crippen MR) is 94.3 cm³/mol. The summed E-state index contributed by atoms with van der Waals surface area (Å²) in [5.41, 5.74) is 1.02. The number of benzene rings is 2. The highest BCUT2D eigenvalue weighted by Crippen LogP contribution is 2.15. The SMILES string of the molecule is O=C(O)CC/C(=N\NS(=O)(=O)c1ccc(Br)cc1)c1ccccc1. The molecule has 0 saturated carbocycles. The van der Waals surface area contributed by atoms with Gasteiger partial charge in [-0.2, -0.15) is 18.4 Å². The summed E-state index contributed by atoms with van der Waals surface area (Å²) in [5.74, 6) is -0.977. The summed E-state index contributed by atoms with van der Waals surface area (Å²) in [7, 11) is -3.82. The van der Waals surface area contributed by atoms with E-state index in [4.69, 9.17) is 5.11 Å². The first-order chi connectivity index (χ1) is 11.4. The van der Waals surface area contributed by atoms with Gasteiger partial charge in [-0.15, -0.1) is 0 Å². The van der Waals surface area contributed by atoms with Crippen molar-refractivity contribution in [2.75, 3.05) is 0 Å². The molecule has 0 radical (unpaired) electrons. The lowest BCUT2D eigenvalue weighted by Crippen LogP contribution is -2.21. The van der Waals surface area contributed by atoms with Crippen LogP contribution >= 0.6 is 15.9 Å². The second kappa shape index (κ2) is 8.07. The fraction of sp³-hybridized carbons (Fsp3) is 0.125. The number of carbonyl (C=O) groups is 1. The molecule has 0 aliphatic heterocycles. The van der Waals surface area contributed by atoms with Gasteiger partial charge in [0.2, 0.25) is 0 Å². The number of aliphatic carboxylic acids is 1. The van der Waals surface area contributed by atoms with Gasteiger partial charge in [0.05, 0.1) is 17.0 Å². The van der Waals surface area contributed by atoms with Crippen LogP contribution in [0.5, 0.6) is 0 Å². The average molecular weight is 411 g/mol. The standard InChI is InChI=1S/C16H15BrN2O4S/c17-13-6-8-14(9-7-13)24(22,23)19-18-15(10-11-16(20)21)12-4-2-1-3-5-12/h1-9,19H,10-11H2,(H,20,21)/b18-15+. The average Bonchev–Trinajstić information content (AvgIpc) is 2.56. The maximum absolute atomic E-state index is 12.3. The van der Waals surface area contributed by atoms with Gasteiger partial charge in [0, 0.05) is 10.9 Å². The number of nitrogens with zero attached hydrogens (tertiary/aromatic N) is 1. The topological polar surface area (TPSA) is 95.8 Å². The smallest absolute Gasteiger partial charge is 0.303 e. The molecule has 2 rings (SSSR count). The molecule has 2 aromatic carbocycles. The molecule has 0 aliphatic carbocycles. The zero-order chi connectivity index (χ0) is 17.6. The molecule has 0 amide bonds. The Balaban J connectivity index is 2.25. The maximum atomic E-state index is 12.3. The van der Waals surface area contributed by atoms with Crippen molar-refractivity contribution >= 4 is 37.6 Å². The molecule has 2 N–H and O–H groups in total. The number of nitrogens with one attached hydrogen (secondary N) is 1. The third-order valence-electron chi connectivity index (χ3n) is 3.11. The summed E-state index contributed by atoms with van der Waals surface area (Å²) in [5, 5.41) is 12.8. The van der Waals surface area contributed by atoms with Crippen molar-refractivity contribution in [1.82, 2.24) is 4.83 Å². The molecule has 126 valence electrons. The summed E-state index contributed by atoms with van der Waals surface area (Å²) in [4.78, 5) is 13.0. The Morgan fingerprint density at radius 2 is 1.67 bits per heavy atom. The molecule has 24 heavy (non-hydrogen) atoms. The van der Waals surface area contributed by atoms with Crippen LogP contribution in [0.15, 0.2) is 69.1 Å². The van der Waals surface area contributed by atoms with E-state index in [0.29, 0.717) is 11.3 Å².